The van der Waals surface area contributed by atoms with Gasteiger partial charge in [-0.05, 0) is 24.1 Å². The summed E-state index contributed by atoms with van der Waals surface area (Å²) >= 11 is 0. The molecular formula is C15H16FNO4. The largest absolute Gasteiger partial charge is 0.468 e. The Morgan fingerprint density at radius 1 is 1.33 bits per heavy atom. The Bertz CT molecular complexity index is 555. The normalized spacial score (nSPS) is 17.9. The number of Topliss-reactive ketones (excluding diaryl/α,β-unsaturated/α-hetero) is 1. The maximum Gasteiger partial charge on any atom is 0.318 e. The molecule has 0 N–H and O–H groups in total. The number of hydrogen-bond acceptors (Lipinski definition) is 4. The third kappa shape index (κ3) is 3.65. The highest BCUT2D eigenvalue weighted by molar-refractivity contribution is 6.03. The number of esters is 1. The summed E-state index contributed by atoms with van der Waals surface area (Å²) in [6, 6.07) is 5.92. The highest BCUT2D eigenvalue weighted by Gasteiger charge is 2.38. The van der Waals surface area contributed by atoms with Crippen molar-refractivity contribution >= 4 is 17.7 Å². The number of likely N-dealkylation sites (tertiary alicyclic amines) is 1. The Kier molecular flexibility index (Phi) is 4.67. The zero-order valence-electron chi connectivity index (χ0n) is 11.7. The van der Waals surface area contributed by atoms with Crippen LogP contribution in [0.25, 0.3) is 0 Å². The first-order valence-corrected chi connectivity index (χ1v) is 6.64. The lowest BCUT2D eigenvalue weighted by molar-refractivity contribution is -0.147. The van der Waals surface area contributed by atoms with E-state index in [1.54, 1.807) is 12.1 Å². The van der Waals surface area contributed by atoms with Gasteiger partial charge in [-0.1, -0.05) is 12.1 Å². The number of aryl methyl sites for hydroxylation is 1. The van der Waals surface area contributed by atoms with Crippen LogP contribution in [0.2, 0.25) is 0 Å². The summed E-state index contributed by atoms with van der Waals surface area (Å²) in [5.74, 6) is -2.29. The second-order valence-corrected chi connectivity index (χ2v) is 4.94. The molecule has 0 spiro atoms. The SMILES string of the molecule is COC(=O)C1CN(C(=O)CCc2ccc(F)cc2)CC1=O. The number of ether oxygens (including phenoxy) is 1. The van der Waals surface area contributed by atoms with E-state index in [9.17, 15) is 18.8 Å². The van der Waals surface area contributed by atoms with Gasteiger partial charge < -0.3 is 9.64 Å². The van der Waals surface area contributed by atoms with Crippen LogP contribution in [-0.2, 0) is 25.5 Å². The molecule has 1 fully saturated rings. The average molecular weight is 293 g/mol. The van der Waals surface area contributed by atoms with Gasteiger partial charge in [0.15, 0.2) is 5.78 Å². The van der Waals surface area contributed by atoms with Crippen LogP contribution in [0.15, 0.2) is 24.3 Å². The van der Waals surface area contributed by atoms with Crippen LogP contribution in [0.1, 0.15) is 12.0 Å². The second kappa shape index (κ2) is 6.47. The number of carbonyl (C=O) groups is 3. The molecule has 1 atom stereocenters. The topological polar surface area (TPSA) is 63.7 Å². The van der Waals surface area contributed by atoms with Crippen molar-refractivity contribution in [2.24, 2.45) is 5.92 Å². The van der Waals surface area contributed by atoms with Crippen molar-refractivity contribution in [1.82, 2.24) is 4.90 Å². The van der Waals surface area contributed by atoms with Crippen molar-refractivity contribution in [3.8, 4) is 0 Å². The summed E-state index contributed by atoms with van der Waals surface area (Å²) in [6.45, 7) is 0.0236. The molecule has 1 amide bonds. The molecule has 112 valence electrons. The second-order valence-electron chi connectivity index (χ2n) is 4.94. The monoisotopic (exact) mass is 293 g/mol. The van der Waals surface area contributed by atoms with E-state index in [1.807, 2.05) is 0 Å². The third-order valence-corrected chi connectivity index (χ3v) is 3.52. The molecule has 1 saturated heterocycles. The molecule has 1 aliphatic rings. The van der Waals surface area contributed by atoms with Crippen molar-refractivity contribution < 1.29 is 23.5 Å². The molecule has 0 bridgehead atoms. The number of carbonyl (C=O) groups excluding carboxylic acids is 3. The Balaban J connectivity index is 1.88. The first kappa shape index (κ1) is 15.2. The third-order valence-electron chi connectivity index (χ3n) is 3.52. The fourth-order valence-corrected chi connectivity index (χ4v) is 2.28. The zero-order valence-corrected chi connectivity index (χ0v) is 11.7. The summed E-state index contributed by atoms with van der Waals surface area (Å²) < 4.78 is 17.3. The van der Waals surface area contributed by atoms with Gasteiger partial charge in [-0.15, -0.1) is 0 Å². The van der Waals surface area contributed by atoms with E-state index in [2.05, 4.69) is 4.74 Å². The maximum absolute atomic E-state index is 12.8. The minimum atomic E-state index is -0.871. The fourth-order valence-electron chi connectivity index (χ4n) is 2.28. The molecule has 1 aliphatic heterocycles. The quantitative estimate of drug-likeness (QED) is 0.612. The van der Waals surface area contributed by atoms with Crippen LogP contribution in [0.4, 0.5) is 4.39 Å². The smallest absolute Gasteiger partial charge is 0.318 e. The summed E-state index contributed by atoms with van der Waals surface area (Å²) in [5, 5.41) is 0. The molecule has 0 saturated carbocycles. The van der Waals surface area contributed by atoms with Gasteiger partial charge in [-0.2, -0.15) is 0 Å². The zero-order chi connectivity index (χ0) is 15.4. The minimum absolute atomic E-state index is 0.0536. The molecule has 0 aliphatic carbocycles. The number of methoxy groups -OCH3 is 1. The van der Waals surface area contributed by atoms with Gasteiger partial charge in [0.05, 0.1) is 13.7 Å². The highest BCUT2D eigenvalue weighted by Crippen LogP contribution is 2.16. The molecule has 0 aromatic heterocycles. The Morgan fingerprint density at radius 3 is 2.62 bits per heavy atom. The van der Waals surface area contributed by atoms with E-state index in [0.29, 0.717) is 6.42 Å². The van der Waals surface area contributed by atoms with Gasteiger partial charge in [0.1, 0.15) is 11.7 Å². The number of nitrogens with zero attached hydrogens (tertiary/aromatic N) is 1. The number of benzene rings is 1. The number of hydrogen-bond donors (Lipinski definition) is 0. The Morgan fingerprint density at radius 2 is 2.00 bits per heavy atom. The van der Waals surface area contributed by atoms with Gasteiger partial charge >= 0.3 is 5.97 Å². The highest BCUT2D eigenvalue weighted by atomic mass is 19.1. The lowest BCUT2D eigenvalue weighted by Gasteiger charge is -2.14. The van der Waals surface area contributed by atoms with Crippen molar-refractivity contribution in [3.05, 3.63) is 35.6 Å². The molecule has 1 unspecified atom stereocenters. The van der Waals surface area contributed by atoms with Gasteiger partial charge in [-0.3, -0.25) is 14.4 Å². The van der Waals surface area contributed by atoms with E-state index < -0.39 is 11.9 Å². The van der Waals surface area contributed by atoms with Crippen LogP contribution >= 0.6 is 0 Å². The van der Waals surface area contributed by atoms with E-state index >= 15 is 0 Å². The van der Waals surface area contributed by atoms with Crippen molar-refractivity contribution in [1.29, 1.82) is 0 Å². The lowest BCUT2D eigenvalue weighted by atomic mass is 10.1. The summed E-state index contributed by atoms with van der Waals surface area (Å²) in [4.78, 5) is 36.5. The molecule has 2 rings (SSSR count). The molecule has 6 heteroatoms. The van der Waals surface area contributed by atoms with Crippen molar-refractivity contribution in [2.75, 3.05) is 20.2 Å². The predicted molar refractivity (Wildman–Crippen MR) is 71.8 cm³/mol. The van der Waals surface area contributed by atoms with Crippen LogP contribution in [0.3, 0.4) is 0 Å². The van der Waals surface area contributed by atoms with E-state index in [0.717, 1.165) is 5.56 Å². The van der Waals surface area contributed by atoms with E-state index in [1.165, 1.54) is 24.1 Å². The lowest BCUT2D eigenvalue weighted by Crippen LogP contribution is -2.30. The maximum atomic E-state index is 12.8. The standard InChI is InChI=1S/C15H16FNO4/c1-21-15(20)12-8-17(9-13(12)18)14(19)7-4-10-2-5-11(16)6-3-10/h2-3,5-6,12H,4,7-9H2,1H3. The molecule has 21 heavy (non-hydrogen) atoms. The number of amides is 1. The summed E-state index contributed by atoms with van der Waals surface area (Å²) in [6.07, 6.45) is 0.680. The Labute approximate surface area is 121 Å². The van der Waals surface area contributed by atoms with Gasteiger partial charge in [0.25, 0.3) is 0 Å². The number of halogens is 1. The van der Waals surface area contributed by atoms with E-state index in [4.69, 9.17) is 0 Å². The Hall–Kier alpha value is -2.24. The van der Waals surface area contributed by atoms with Gasteiger partial charge in [0.2, 0.25) is 5.91 Å². The van der Waals surface area contributed by atoms with Crippen LogP contribution in [0.5, 0.6) is 0 Å². The van der Waals surface area contributed by atoms with Crippen LogP contribution in [0, 0.1) is 11.7 Å². The summed E-state index contributed by atoms with van der Waals surface area (Å²) in [7, 11) is 1.22. The van der Waals surface area contributed by atoms with Crippen molar-refractivity contribution in [3.63, 3.8) is 0 Å². The molecule has 1 aromatic carbocycles. The first-order valence-electron chi connectivity index (χ1n) is 6.64. The molecule has 1 heterocycles. The van der Waals surface area contributed by atoms with Gasteiger partial charge in [0, 0.05) is 13.0 Å². The fraction of sp³-hybridized carbons (Fsp3) is 0.400. The molecule has 0 radical (unpaired) electrons. The molecular weight excluding hydrogens is 277 g/mol. The van der Waals surface area contributed by atoms with Crippen LogP contribution in [-0.4, -0.2) is 42.8 Å². The van der Waals surface area contributed by atoms with Crippen molar-refractivity contribution in [2.45, 2.75) is 12.8 Å². The number of ketones is 1. The van der Waals surface area contributed by atoms with E-state index in [-0.39, 0.29) is 37.0 Å². The van der Waals surface area contributed by atoms with Crippen LogP contribution < -0.4 is 0 Å². The number of rotatable bonds is 4. The first-order chi connectivity index (χ1) is 10.0. The average Bonchev–Trinajstić information content (AvgIpc) is 2.87. The molecule has 5 nitrogen and oxygen atoms in total. The summed E-state index contributed by atoms with van der Waals surface area (Å²) in [5.41, 5.74) is 0.847. The molecule has 1 aromatic rings. The predicted octanol–water partition coefficient (Wildman–Crippen LogP) is 0.959. The minimum Gasteiger partial charge on any atom is -0.468 e. The van der Waals surface area contributed by atoms with Gasteiger partial charge in [-0.25, -0.2) is 4.39 Å².